The van der Waals surface area contributed by atoms with Crippen molar-refractivity contribution in [2.24, 2.45) is 7.05 Å². The summed E-state index contributed by atoms with van der Waals surface area (Å²) in [6.07, 6.45) is -6.26. The first kappa shape index (κ1) is 22.3. The quantitative estimate of drug-likeness (QED) is 0.438. The number of likely N-dealkylation sites (N-methyl/N-ethyl adjacent to an activating group) is 1. The Balaban J connectivity index is 1.66. The smallest absolute Gasteiger partial charge is 0.335 e. The lowest BCUT2D eigenvalue weighted by Crippen LogP contribution is -2.63. The molecule has 0 spiro atoms. The lowest BCUT2D eigenvalue weighted by Gasteiger charge is -2.42. The van der Waals surface area contributed by atoms with Gasteiger partial charge in [-0.15, -0.1) is 0 Å². The van der Waals surface area contributed by atoms with Crippen molar-refractivity contribution in [3.05, 3.63) is 53.9 Å². The molecule has 6 atom stereocenters. The van der Waals surface area contributed by atoms with Gasteiger partial charge in [0, 0.05) is 19.8 Å². The third kappa shape index (κ3) is 4.69. The second-order valence-corrected chi connectivity index (χ2v) is 7.28. The summed E-state index contributed by atoms with van der Waals surface area (Å²) in [5.74, 6) is -1.41. The summed E-state index contributed by atoms with van der Waals surface area (Å²) in [6, 6.07) is 11.5. The summed E-state index contributed by atoms with van der Waals surface area (Å²) >= 11 is 0. The van der Waals surface area contributed by atoms with Crippen LogP contribution in [0.2, 0.25) is 0 Å². The first-order chi connectivity index (χ1) is 14.3. The molecule has 30 heavy (non-hydrogen) atoms. The largest absolute Gasteiger partial charge is 0.479 e. The molecule has 2 aromatic rings. The molecule has 3 rings (SSSR count). The zero-order chi connectivity index (χ0) is 21.8. The average Bonchev–Trinajstić information content (AvgIpc) is 3.15. The molecule has 1 aliphatic heterocycles. The zero-order valence-electron chi connectivity index (χ0n) is 16.8. The Bertz CT molecular complexity index is 831. The molecule has 0 radical (unpaired) electrons. The van der Waals surface area contributed by atoms with Crippen LogP contribution in [0.4, 0.5) is 0 Å². The van der Waals surface area contributed by atoms with Crippen molar-refractivity contribution in [1.29, 1.82) is 0 Å². The van der Waals surface area contributed by atoms with Crippen LogP contribution >= 0.6 is 0 Å². The fourth-order valence-corrected chi connectivity index (χ4v) is 3.49. The van der Waals surface area contributed by atoms with Crippen molar-refractivity contribution >= 4 is 5.97 Å². The van der Waals surface area contributed by atoms with Gasteiger partial charge in [-0.25, -0.2) is 4.79 Å². The van der Waals surface area contributed by atoms with E-state index in [-0.39, 0.29) is 19.3 Å². The highest BCUT2D eigenvalue weighted by molar-refractivity contribution is 5.73. The van der Waals surface area contributed by atoms with Gasteiger partial charge in [-0.1, -0.05) is 30.3 Å². The molecule has 0 saturated carbocycles. The molecule has 2 heterocycles. The molecular weight excluding hydrogens is 394 g/mol. The highest BCUT2D eigenvalue weighted by atomic mass is 16.6. The monoisotopic (exact) mass is 421 g/mol. The molecule has 0 bridgehead atoms. The number of aromatic nitrogens is 2. The van der Waals surface area contributed by atoms with Gasteiger partial charge in [-0.05, 0) is 18.7 Å². The summed E-state index contributed by atoms with van der Waals surface area (Å²) in [4.78, 5) is 12.8. The van der Waals surface area contributed by atoms with Crippen LogP contribution in [0.5, 0.6) is 0 Å². The van der Waals surface area contributed by atoms with Gasteiger partial charge < -0.3 is 29.9 Å². The number of rotatable bonds is 8. The lowest BCUT2D eigenvalue weighted by atomic mass is 9.97. The topological polar surface area (TPSA) is 138 Å². The molecule has 0 aliphatic carbocycles. The fraction of sp³-hybridized carbons (Fsp3) is 0.500. The molecule has 4 N–H and O–H groups in total. The number of aliphatic hydroxyl groups is 3. The highest BCUT2D eigenvalue weighted by Crippen LogP contribution is 2.26. The summed E-state index contributed by atoms with van der Waals surface area (Å²) in [6.45, 7) is 0.502. The van der Waals surface area contributed by atoms with Gasteiger partial charge in [0.05, 0.1) is 12.3 Å². The van der Waals surface area contributed by atoms with Crippen molar-refractivity contribution in [3.63, 3.8) is 0 Å². The molecule has 1 saturated heterocycles. The van der Waals surface area contributed by atoms with E-state index in [0.717, 1.165) is 11.3 Å². The van der Waals surface area contributed by atoms with Gasteiger partial charge in [-0.2, -0.15) is 5.10 Å². The van der Waals surface area contributed by atoms with Gasteiger partial charge in [0.25, 0.3) is 0 Å². The number of hydrogen-bond acceptors (Lipinski definition) is 8. The van der Waals surface area contributed by atoms with Crippen LogP contribution in [0.1, 0.15) is 17.4 Å². The number of nitrogens with zero attached hydrogens (tertiary/aromatic N) is 3. The van der Waals surface area contributed by atoms with E-state index in [4.69, 9.17) is 9.47 Å². The van der Waals surface area contributed by atoms with E-state index >= 15 is 0 Å². The van der Waals surface area contributed by atoms with Crippen LogP contribution < -0.4 is 0 Å². The first-order valence-electron chi connectivity index (χ1n) is 9.58. The SMILES string of the molecule is CN(CCOC(c1ccccc1)c1ccnn1C)C1OC(C(=O)O)C(O)C(O)C1O. The van der Waals surface area contributed by atoms with Crippen molar-refractivity contribution < 1.29 is 34.7 Å². The highest BCUT2D eigenvalue weighted by Gasteiger charge is 2.48. The maximum absolute atomic E-state index is 11.3. The third-order valence-corrected chi connectivity index (χ3v) is 5.22. The minimum Gasteiger partial charge on any atom is -0.479 e. The van der Waals surface area contributed by atoms with Crippen LogP contribution in [0.3, 0.4) is 0 Å². The number of aliphatic carboxylic acids is 1. The predicted octanol–water partition coefficient (Wildman–Crippen LogP) is -0.650. The van der Waals surface area contributed by atoms with Crippen LogP contribution in [0.15, 0.2) is 42.6 Å². The van der Waals surface area contributed by atoms with E-state index in [1.165, 1.54) is 0 Å². The fourth-order valence-electron chi connectivity index (χ4n) is 3.49. The Morgan fingerprint density at radius 3 is 2.50 bits per heavy atom. The minimum absolute atomic E-state index is 0.226. The van der Waals surface area contributed by atoms with Crippen LogP contribution in [0, 0.1) is 0 Å². The van der Waals surface area contributed by atoms with Crippen molar-refractivity contribution in [1.82, 2.24) is 14.7 Å². The Kier molecular flexibility index (Phi) is 7.19. The molecular formula is C20H27N3O7. The zero-order valence-corrected chi connectivity index (χ0v) is 16.8. The van der Waals surface area contributed by atoms with Crippen LogP contribution in [-0.2, 0) is 21.3 Å². The second-order valence-electron chi connectivity index (χ2n) is 7.28. The maximum atomic E-state index is 11.3. The lowest BCUT2D eigenvalue weighted by molar-refractivity contribution is -0.257. The van der Waals surface area contributed by atoms with Crippen LogP contribution in [0.25, 0.3) is 0 Å². The third-order valence-electron chi connectivity index (χ3n) is 5.22. The number of carboxylic acids is 1. The number of ether oxygens (including phenoxy) is 2. The van der Waals surface area contributed by atoms with Crippen molar-refractivity contribution in [3.8, 4) is 0 Å². The maximum Gasteiger partial charge on any atom is 0.335 e. The van der Waals surface area contributed by atoms with E-state index in [0.29, 0.717) is 0 Å². The van der Waals surface area contributed by atoms with E-state index < -0.39 is 36.6 Å². The van der Waals surface area contributed by atoms with Crippen LogP contribution in [-0.4, -0.2) is 91.9 Å². The number of hydrogen-bond donors (Lipinski definition) is 4. The standard InChI is InChI=1S/C20H27N3O7/c1-22(19-16(26)14(24)15(25)18(30-19)20(27)28)10-11-29-17(12-6-4-3-5-7-12)13-8-9-21-23(13)2/h3-9,14-19,24-26H,10-11H2,1-2H3,(H,27,28). The van der Waals surface area contributed by atoms with Gasteiger partial charge in [-0.3, -0.25) is 9.58 Å². The number of carboxylic acid groups (broad SMARTS) is 1. The van der Waals surface area contributed by atoms with Gasteiger partial charge in [0.1, 0.15) is 30.6 Å². The molecule has 1 aromatic carbocycles. The Morgan fingerprint density at radius 2 is 1.90 bits per heavy atom. The summed E-state index contributed by atoms with van der Waals surface area (Å²) in [5, 5.41) is 43.4. The van der Waals surface area contributed by atoms with Crippen molar-refractivity contribution in [2.45, 2.75) is 36.7 Å². The number of aliphatic hydroxyl groups excluding tert-OH is 3. The number of aryl methyl sites for hydroxylation is 1. The number of benzene rings is 1. The predicted molar refractivity (Wildman–Crippen MR) is 104 cm³/mol. The van der Waals surface area contributed by atoms with Crippen molar-refractivity contribution in [2.75, 3.05) is 20.2 Å². The molecule has 164 valence electrons. The Morgan fingerprint density at radius 1 is 1.20 bits per heavy atom. The Hall–Kier alpha value is -2.34. The summed E-state index contributed by atoms with van der Waals surface area (Å²) in [7, 11) is 3.44. The molecule has 1 aliphatic rings. The van der Waals surface area contributed by atoms with Gasteiger partial charge >= 0.3 is 5.97 Å². The van der Waals surface area contributed by atoms with E-state index in [2.05, 4.69) is 5.10 Å². The Labute approximate surface area is 173 Å². The van der Waals surface area contributed by atoms with E-state index in [9.17, 15) is 25.2 Å². The summed E-state index contributed by atoms with van der Waals surface area (Å²) < 4.78 is 13.2. The molecule has 1 aromatic heterocycles. The first-order valence-corrected chi connectivity index (χ1v) is 9.58. The molecule has 10 heteroatoms. The van der Waals surface area contributed by atoms with Gasteiger partial charge in [0.15, 0.2) is 6.10 Å². The molecule has 0 amide bonds. The molecule has 1 fully saturated rings. The minimum atomic E-state index is -1.72. The molecule has 6 unspecified atom stereocenters. The normalized spacial score (nSPS) is 27.9. The van der Waals surface area contributed by atoms with E-state index in [1.807, 2.05) is 43.4 Å². The van der Waals surface area contributed by atoms with Gasteiger partial charge in [0.2, 0.25) is 0 Å². The number of carbonyl (C=O) groups is 1. The second kappa shape index (κ2) is 9.65. The summed E-state index contributed by atoms with van der Waals surface area (Å²) in [5.41, 5.74) is 1.81. The average molecular weight is 421 g/mol. The molecule has 10 nitrogen and oxygen atoms in total. The van der Waals surface area contributed by atoms with E-state index in [1.54, 1.807) is 22.8 Å².